The molecule has 0 N–H and O–H groups in total. The van der Waals surface area contributed by atoms with Crippen LogP contribution in [0.5, 0.6) is 0 Å². The fourth-order valence-corrected chi connectivity index (χ4v) is 10.9. The molecule has 0 spiro atoms. The van der Waals surface area contributed by atoms with Crippen LogP contribution in [-0.4, -0.2) is 18.5 Å². The molecule has 0 amide bonds. The van der Waals surface area contributed by atoms with E-state index in [4.69, 9.17) is 10.2 Å². The molecule has 0 heterocycles. The van der Waals surface area contributed by atoms with Crippen molar-refractivity contribution >= 4 is 4.31 Å². The fourth-order valence-electron chi connectivity index (χ4n) is 5.53. The maximum atomic E-state index is 8.25. The van der Waals surface area contributed by atoms with E-state index in [0.717, 1.165) is 14.2 Å². The zero-order valence-corrected chi connectivity index (χ0v) is 20.8. The minimum atomic E-state index is -1.75. The van der Waals surface area contributed by atoms with Crippen molar-refractivity contribution in [2.24, 2.45) is 0 Å². The van der Waals surface area contributed by atoms with E-state index in [1.165, 1.54) is 22.3 Å². The maximum absolute atomic E-state index is 8.25. The fraction of sp³-hybridized carbons (Fsp3) is 0.167. The minimum Gasteiger partial charge on any atom is -0.857 e. The minimum absolute atomic E-state index is 0.552. The van der Waals surface area contributed by atoms with Crippen LogP contribution in [0.15, 0.2) is 97.1 Å². The summed E-state index contributed by atoms with van der Waals surface area (Å²) in [5, 5.41) is 16.5. The Bertz CT molecular complexity index is 1100. The monoisotopic (exact) mass is 468 g/mol. The molecule has 0 fully saturated rings. The molecule has 0 saturated heterocycles. The van der Waals surface area contributed by atoms with Crippen molar-refractivity contribution in [3.8, 4) is 22.3 Å². The summed E-state index contributed by atoms with van der Waals surface area (Å²) in [5.74, 6) is 0. The third kappa shape index (κ3) is 3.88. The number of hydrogen-bond donors (Lipinski definition) is 0. The molecule has 6 rings (SSSR count). The summed E-state index contributed by atoms with van der Waals surface area (Å²) in [6.07, 6.45) is 0. The van der Waals surface area contributed by atoms with Crippen molar-refractivity contribution < 1.29 is 27.6 Å². The number of benzene rings is 4. The number of rotatable bonds is 2. The van der Waals surface area contributed by atoms with Gasteiger partial charge in [0.2, 0.25) is 0 Å². The molecule has 2 nitrogen and oxygen atoms in total. The molecule has 0 atom stereocenters. The molecule has 2 aliphatic rings. The summed E-state index contributed by atoms with van der Waals surface area (Å²) in [6.45, 7) is 2.32. The Kier molecular flexibility index (Phi) is 7.52. The first-order chi connectivity index (χ1) is 16.4. The summed E-state index contributed by atoms with van der Waals surface area (Å²) in [7, 11) is 1.50. The van der Waals surface area contributed by atoms with Gasteiger partial charge in [-0.25, -0.2) is 0 Å². The standard InChI is InChI=1S/2C13H9.C2H4.2CH3O.Ti/c2*1-3-7-12-10(5-1)9-11-6-2-4-8-13(11)12;3*1-2;/h2*1-9H;1H,2H3;2*1H3;/q;;;2*-1;+2. The molecule has 0 aliphatic heterocycles. The van der Waals surface area contributed by atoms with Crippen LogP contribution in [-0.2, 0) is 17.4 Å². The average Bonchev–Trinajstić information content (AvgIpc) is 3.41. The summed E-state index contributed by atoms with van der Waals surface area (Å²) in [6, 6.07) is 36.4. The van der Waals surface area contributed by atoms with E-state index in [1.807, 2.05) is 0 Å². The Hall–Kier alpha value is -2.62. The van der Waals surface area contributed by atoms with Crippen LogP contribution < -0.4 is 10.2 Å². The summed E-state index contributed by atoms with van der Waals surface area (Å²) in [5.41, 5.74) is 12.0. The van der Waals surface area contributed by atoms with Gasteiger partial charge in [0.15, 0.2) is 0 Å². The second-order valence-electron chi connectivity index (χ2n) is 8.00. The van der Waals surface area contributed by atoms with Gasteiger partial charge in [0.25, 0.3) is 0 Å². The molecule has 2 aliphatic carbocycles. The zero-order chi connectivity index (χ0) is 23.4. The van der Waals surface area contributed by atoms with Gasteiger partial charge in [-0.15, -0.1) is 0 Å². The van der Waals surface area contributed by atoms with Gasteiger partial charge in [-0.1, -0.05) is 0 Å². The van der Waals surface area contributed by atoms with Crippen molar-refractivity contribution in [1.82, 2.24) is 0 Å². The quantitative estimate of drug-likeness (QED) is 0.392. The summed E-state index contributed by atoms with van der Waals surface area (Å²) in [4.78, 5) is 0. The van der Waals surface area contributed by atoms with Gasteiger partial charge < -0.3 is 10.2 Å². The topological polar surface area (TPSA) is 46.1 Å². The van der Waals surface area contributed by atoms with Crippen LogP contribution in [0.2, 0.25) is 0 Å². The molecule has 0 bridgehead atoms. The second-order valence-corrected chi connectivity index (χ2v) is 12.3. The molecule has 33 heavy (non-hydrogen) atoms. The van der Waals surface area contributed by atoms with Gasteiger partial charge >= 0.3 is 179 Å². The third-order valence-corrected chi connectivity index (χ3v) is 11.7. The van der Waals surface area contributed by atoms with Gasteiger partial charge in [0, 0.05) is 0 Å². The van der Waals surface area contributed by atoms with Crippen LogP contribution in [0.25, 0.3) is 22.3 Å². The van der Waals surface area contributed by atoms with E-state index in [1.54, 1.807) is 22.3 Å². The molecule has 0 aromatic heterocycles. The van der Waals surface area contributed by atoms with Crippen LogP contribution in [0.3, 0.4) is 0 Å². The molecule has 164 valence electrons. The van der Waals surface area contributed by atoms with Gasteiger partial charge in [-0.2, -0.15) is 14.2 Å². The van der Waals surface area contributed by atoms with Gasteiger partial charge in [0.05, 0.1) is 0 Å². The van der Waals surface area contributed by atoms with E-state index < -0.39 is 17.4 Å². The number of fused-ring (bicyclic) bond motifs is 6. The molecular weight excluding hydrogens is 440 g/mol. The van der Waals surface area contributed by atoms with Crippen molar-refractivity contribution in [3.05, 3.63) is 119 Å². The molecule has 0 saturated carbocycles. The molecule has 0 radical (unpaired) electrons. The Morgan fingerprint density at radius 3 is 0.970 bits per heavy atom. The van der Waals surface area contributed by atoms with Crippen LogP contribution in [0.4, 0.5) is 0 Å². The van der Waals surface area contributed by atoms with Gasteiger partial charge in [-0.05, 0) is 0 Å². The Balaban J connectivity index is 0.000000617. The first-order valence-corrected chi connectivity index (χ1v) is 13.9. The predicted molar refractivity (Wildman–Crippen MR) is 131 cm³/mol. The maximum Gasteiger partial charge on any atom is -0.153 e. The van der Waals surface area contributed by atoms with Gasteiger partial charge in [-0.3, -0.25) is 0 Å². The van der Waals surface area contributed by atoms with Crippen molar-refractivity contribution in [1.29, 1.82) is 0 Å². The largest absolute Gasteiger partial charge is 0.857 e. The summed E-state index contributed by atoms with van der Waals surface area (Å²) < 4.78 is 3.72. The van der Waals surface area contributed by atoms with E-state index in [0.29, 0.717) is 8.45 Å². The molecular formula is C30H28O2Ti. The van der Waals surface area contributed by atoms with Crippen molar-refractivity contribution in [2.45, 2.75) is 15.4 Å². The Morgan fingerprint density at radius 2 is 0.727 bits per heavy atom. The van der Waals surface area contributed by atoms with Gasteiger partial charge in [0.1, 0.15) is 0 Å². The third-order valence-electron chi connectivity index (χ3n) is 6.67. The van der Waals surface area contributed by atoms with E-state index in [-0.39, 0.29) is 0 Å². The van der Waals surface area contributed by atoms with E-state index in [9.17, 15) is 0 Å². The van der Waals surface area contributed by atoms with Crippen molar-refractivity contribution in [3.63, 3.8) is 0 Å². The SMILES string of the molecule is C[CH]=[Ti+2]([CH]1c2ccccc2-c2ccccc21)[CH]1c2ccccc2-c2ccccc21.C[O-].C[O-]. The normalized spacial score (nSPS) is 12.5. The molecule has 0 unspecified atom stereocenters. The smallest absolute Gasteiger partial charge is 0.153 e. The van der Waals surface area contributed by atoms with E-state index >= 15 is 0 Å². The van der Waals surface area contributed by atoms with E-state index in [2.05, 4.69) is 108 Å². The first kappa shape index (κ1) is 23.5. The van der Waals surface area contributed by atoms with Crippen LogP contribution in [0, 0.1) is 0 Å². The second kappa shape index (κ2) is 10.5. The Morgan fingerprint density at radius 1 is 0.485 bits per heavy atom. The van der Waals surface area contributed by atoms with Crippen LogP contribution in [0.1, 0.15) is 37.6 Å². The van der Waals surface area contributed by atoms with Crippen molar-refractivity contribution in [2.75, 3.05) is 14.2 Å². The van der Waals surface area contributed by atoms with Crippen LogP contribution >= 0.6 is 0 Å². The molecule has 4 aromatic carbocycles. The Labute approximate surface area is 202 Å². The zero-order valence-electron chi connectivity index (χ0n) is 19.3. The molecule has 3 heteroatoms. The first-order valence-electron chi connectivity index (χ1n) is 11.2. The average molecular weight is 468 g/mol. The predicted octanol–water partition coefficient (Wildman–Crippen LogP) is 4.92. The number of hydrogen-bond acceptors (Lipinski definition) is 2. The molecule has 4 aromatic rings. The summed E-state index contributed by atoms with van der Waals surface area (Å²) >= 11 is -1.75.